The maximum atomic E-state index is 14.0. The van der Waals surface area contributed by atoms with Gasteiger partial charge in [-0.25, -0.2) is 0 Å². The van der Waals surface area contributed by atoms with Crippen molar-refractivity contribution in [2.24, 2.45) is 5.92 Å². The number of nitrogens with zero attached hydrogens (tertiary/aromatic N) is 3. The molecule has 1 aromatic carbocycles. The van der Waals surface area contributed by atoms with Gasteiger partial charge in [0.05, 0.1) is 0 Å². The molecule has 0 bridgehead atoms. The number of fused-ring (bicyclic) bond motifs is 1. The number of aromatic nitrogens is 1. The van der Waals surface area contributed by atoms with Crippen molar-refractivity contribution < 1.29 is 14.3 Å². The van der Waals surface area contributed by atoms with Gasteiger partial charge in [0.1, 0.15) is 5.54 Å². The number of rotatable bonds is 5. The van der Waals surface area contributed by atoms with E-state index in [9.17, 15) is 9.59 Å². The Morgan fingerprint density at radius 3 is 2.39 bits per heavy atom. The third-order valence-corrected chi connectivity index (χ3v) is 8.48. The molecule has 1 atom stereocenters. The Balaban J connectivity index is 0.00000304. The summed E-state index contributed by atoms with van der Waals surface area (Å²) in [6, 6.07) is 8.24. The van der Waals surface area contributed by atoms with E-state index >= 15 is 0 Å². The third-order valence-electron chi connectivity index (χ3n) is 8.48. The number of piperazine rings is 1. The summed E-state index contributed by atoms with van der Waals surface area (Å²) in [4.78, 5) is 37.5. The highest BCUT2D eigenvalue weighted by Gasteiger charge is 2.46. The number of likely N-dealkylation sites (tertiary alicyclic amines) is 1. The molecular formula is C27H40ClN5O3. The normalized spacial score (nSPS) is 22.7. The SMILES string of the molecule is CN1CCC(N2CCN(C(=O)[C@](C)(NC(=O)c3ccc4cc[nH]c4c3)C3CCOCC3)CC2)CC1.Cl. The average molecular weight is 518 g/mol. The minimum atomic E-state index is -0.957. The molecule has 198 valence electrons. The second-order valence-corrected chi connectivity index (χ2v) is 10.7. The molecule has 8 nitrogen and oxygen atoms in total. The van der Waals surface area contributed by atoms with E-state index in [1.54, 1.807) is 0 Å². The van der Waals surface area contributed by atoms with E-state index < -0.39 is 5.54 Å². The van der Waals surface area contributed by atoms with Crippen molar-refractivity contribution in [3.8, 4) is 0 Å². The van der Waals surface area contributed by atoms with Gasteiger partial charge in [-0.1, -0.05) is 6.07 Å². The van der Waals surface area contributed by atoms with Crippen molar-refractivity contribution in [2.45, 2.75) is 44.2 Å². The predicted molar refractivity (Wildman–Crippen MR) is 144 cm³/mol. The lowest BCUT2D eigenvalue weighted by Crippen LogP contribution is -2.65. The third kappa shape index (κ3) is 5.57. The van der Waals surface area contributed by atoms with Gasteiger partial charge in [-0.15, -0.1) is 12.4 Å². The van der Waals surface area contributed by atoms with Crippen LogP contribution >= 0.6 is 12.4 Å². The highest BCUT2D eigenvalue weighted by Crippen LogP contribution is 2.31. The summed E-state index contributed by atoms with van der Waals surface area (Å²) in [6.07, 6.45) is 5.81. The van der Waals surface area contributed by atoms with Crippen molar-refractivity contribution in [3.63, 3.8) is 0 Å². The molecule has 2 aromatic rings. The van der Waals surface area contributed by atoms with Crippen LogP contribution in [0.3, 0.4) is 0 Å². The number of piperidine rings is 1. The van der Waals surface area contributed by atoms with Gasteiger partial charge < -0.3 is 24.8 Å². The van der Waals surface area contributed by atoms with Gasteiger partial charge in [-0.2, -0.15) is 0 Å². The number of hydrogen-bond donors (Lipinski definition) is 2. The highest BCUT2D eigenvalue weighted by atomic mass is 35.5. The topological polar surface area (TPSA) is 80.9 Å². The Bertz CT molecular complexity index is 1040. The molecule has 2 N–H and O–H groups in total. The summed E-state index contributed by atoms with van der Waals surface area (Å²) in [5.74, 6) is -0.107. The summed E-state index contributed by atoms with van der Waals surface area (Å²) in [6.45, 7) is 8.71. The van der Waals surface area contributed by atoms with Crippen LogP contribution < -0.4 is 5.32 Å². The van der Waals surface area contributed by atoms with Crippen molar-refractivity contribution >= 4 is 35.1 Å². The summed E-state index contributed by atoms with van der Waals surface area (Å²) in [5.41, 5.74) is 0.529. The first-order chi connectivity index (χ1) is 16.9. The summed E-state index contributed by atoms with van der Waals surface area (Å²) in [5, 5.41) is 4.26. The monoisotopic (exact) mass is 517 g/mol. The lowest BCUT2D eigenvalue weighted by atomic mass is 9.78. The van der Waals surface area contributed by atoms with Crippen molar-refractivity contribution in [1.29, 1.82) is 0 Å². The van der Waals surface area contributed by atoms with Crippen LogP contribution in [0.5, 0.6) is 0 Å². The van der Waals surface area contributed by atoms with Crippen LogP contribution in [0.2, 0.25) is 0 Å². The number of aromatic amines is 1. The first-order valence-corrected chi connectivity index (χ1v) is 13.1. The van der Waals surface area contributed by atoms with E-state index in [1.807, 2.05) is 42.3 Å². The Morgan fingerprint density at radius 2 is 1.69 bits per heavy atom. The lowest BCUT2D eigenvalue weighted by Gasteiger charge is -2.46. The molecule has 5 rings (SSSR count). The molecule has 0 unspecified atom stereocenters. The van der Waals surface area contributed by atoms with Gasteiger partial charge in [0.2, 0.25) is 5.91 Å². The van der Waals surface area contributed by atoms with Crippen LogP contribution in [0.4, 0.5) is 0 Å². The number of carbonyl (C=O) groups is 2. The molecule has 0 saturated carbocycles. The maximum Gasteiger partial charge on any atom is 0.252 e. The van der Waals surface area contributed by atoms with Crippen LogP contribution in [0.15, 0.2) is 30.5 Å². The largest absolute Gasteiger partial charge is 0.381 e. The van der Waals surface area contributed by atoms with E-state index in [-0.39, 0.29) is 30.1 Å². The molecule has 3 aliphatic heterocycles. The van der Waals surface area contributed by atoms with E-state index in [1.165, 1.54) is 12.8 Å². The van der Waals surface area contributed by atoms with Crippen molar-refractivity contribution in [1.82, 2.24) is 25.0 Å². The molecule has 36 heavy (non-hydrogen) atoms. The van der Waals surface area contributed by atoms with E-state index in [0.29, 0.717) is 37.9 Å². The molecule has 4 heterocycles. The Labute approximate surface area is 220 Å². The van der Waals surface area contributed by atoms with E-state index in [2.05, 4.69) is 27.1 Å². The Morgan fingerprint density at radius 1 is 1.00 bits per heavy atom. The van der Waals surface area contributed by atoms with E-state index in [0.717, 1.165) is 49.9 Å². The summed E-state index contributed by atoms with van der Waals surface area (Å²) < 4.78 is 5.59. The Kier molecular flexibility index (Phi) is 8.60. The zero-order valence-electron chi connectivity index (χ0n) is 21.5. The summed E-state index contributed by atoms with van der Waals surface area (Å²) >= 11 is 0. The number of ether oxygens (including phenoxy) is 1. The van der Waals surface area contributed by atoms with Gasteiger partial charge in [0, 0.05) is 62.7 Å². The predicted octanol–water partition coefficient (Wildman–Crippen LogP) is 2.74. The van der Waals surface area contributed by atoms with Gasteiger partial charge in [0.25, 0.3) is 5.91 Å². The lowest BCUT2D eigenvalue weighted by molar-refractivity contribution is -0.143. The molecule has 0 spiro atoms. The van der Waals surface area contributed by atoms with Crippen LogP contribution in [-0.4, -0.2) is 103 Å². The minimum absolute atomic E-state index is 0. The number of nitrogens with one attached hydrogen (secondary N) is 2. The van der Waals surface area contributed by atoms with Gasteiger partial charge in [-0.05, 0) is 82.2 Å². The molecule has 1 aromatic heterocycles. The molecule has 2 amide bonds. The molecule has 0 radical (unpaired) electrons. The zero-order valence-corrected chi connectivity index (χ0v) is 22.3. The molecule has 3 saturated heterocycles. The molecule has 0 aliphatic carbocycles. The standard InChI is InChI=1S/C27H39N5O3.ClH/c1-27(22-8-17-35-18-9-22,29-25(33)21-4-3-20-5-10-28-24(20)19-21)26(34)32-15-13-31(14-16-32)23-6-11-30(2)12-7-23;/h3-5,10,19,22-23,28H,6-9,11-18H2,1-2H3,(H,29,33);1H/t27-;/m1./s1. The number of H-pyrrole nitrogens is 1. The number of benzene rings is 1. The minimum Gasteiger partial charge on any atom is -0.381 e. The average Bonchev–Trinajstić information content (AvgIpc) is 3.37. The van der Waals surface area contributed by atoms with Gasteiger partial charge in [-0.3, -0.25) is 14.5 Å². The van der Waals surface area contributed by atoms with Crippen LogP contribution in [0.25, 0.3) is 10.9 Å². The molecular weight excluding hydrogens is 478 g/mol. The summed E-state index contributed by atoms with van der Waals surface area (Å²) in [7, 11) is 2.19. The second kappa shape index (κ2) is 11.5. The second-order valence-electron chi connectivity index (χ2n) is 10.7. The van der Waals surface area contributed by atoms with Crippen molar-refractivity contribution in [2.75, 3.05) is 59.5 Å². The number of carbonyl (C=O) groups excluding carboxylic acids is 2. The zero-order chi connectivity index (χ0) is 24.4. The molecule has 3 aliphatic rings. The smallest absolute Gasteiger partial charge is 0.252 e. The molecule has 3 fully saturated rings. The molecule has 9 heteroatoms. The first-order valence-electron chi connectivity index (χ1n) is 13.1. The fraction of sp³-hybridized carbons (Fsp3) is 0.630. The first kappa shape index (κ1) is 26.9. The fourth-order valence-corrected chi connectivity index (χ4v) is 6.08. The highest BCUT2D eigenvalue weighted by molar-refractivity contribution is 6.01. The van der Waals surface area contributed by atoms with Gasteiger partial charge in [0.15, 0.2) is 0 Å². The van der Waals surface area contributed by atoms with E-state index in [4.69, 9.17) is 4.74 Å². The van der Waals surface area contributed by atoms with Gasteiger partial charge >= 0.3 is 0 Å². The quantitative estimate of drug-likeness (QED) is 0.637. The maximum absolute atomic E-state index is 14.0. The van der Waals surface area contributed by atoms with Crippen molar-refractivity contribution in [3.05, 3.63) is 36.0 Å². The number of hydrogen-bond acceptors (Lipinski definition) is 5. The van der Waals surface area contributed by atoms with Crippen LogP contribution in [0.1, 0.15) is 43.0 Å². The fourth-order valence-electron chi connectivity index (χ4n) is 6.08. The number of halogens is 1. The van der Waals surface area contributed by atoms with Crippen LogP contribution in [0, 0.1) is 5.92 Å². The number of amides is 2. The van der Waals surface area contributed by atoms with Crippen LogP contribution in [-0.2, 0) is 9.53 Å². The Hall–Kier alpha value is -2.13.